The monoisotopic (exact) mass is 351 g/mol. The summed E-state index contributed by atoms with van der Waals surface area (Å²) in [5, 5.41) is 12.9. The number of hydrogen-bond acceptors (Lipinski definition) is 2. The standard InChI is InChI=1S/C19H26ClNO3/c1-12(2)11-17(13-7-9-16(20)10-8-13)21-18(22)14-3-5-15(6-4-14)19(23)24/h7-10,12,14-15,17H,3-6,11H2,1-2H3,(H,21,22)(H,23,24). The number of amides is 1. The minimum Gasteiger partial charge on any atom is -0.481 e. The predicted octanol–water partition coefficient (Wildman–Crippen LogP) is 4.43. The third kappa shape index (κ3) is 5.23. The van der Waals surface area contributed by atoms with Crippen LogP contribution in [0.5, 0.6) is 0 Å². The van der Waals surface area contributed by atoms with Crippen LogP contribution in [-0.2, 0) is 9.59 Å². The Hall–Kier alpha value is -1.55. The molecule has 2 N–H and O–H groups in total. The van der Waals surface area contributed by atoms with E-state index in [1.54, 1.807) is 0 Å². The van der Waals surface area contributed by atoms with Gasteiger partial charge in [-0.1, -0.05) is 37.6 Å². The fourth-order valence-corrected chi connectivity index (χ4v) is 3.46. The molecule has 24 heavy (non-hydrogen) atoms. The van der Waals surface area contributed by atoms with Crippen molar-refractivity contribution in [2.24, 2.45) is 17.8 Å². The molecule has 0 aromatic heterocycles. The van der Waals surface area contributed by atoms with Crippen LogP contribution in [0.25, 0.3) is 0 Å². The Morgan fingerprint density at radius 1 is 1.12 bits per heavy atom. The fourth-order valence-electron chi connectivity index (χ4n) is 3.34. The molecule has 1 saturated carbocycles. The van der Waals surface area contributed by atoms with Gasteiger partial charge in [0.2, 0.25) is 5.91 Å². The van der Waals surface area contributed by atoms with Gasteiger partial charge < -0.3 is 10.4 Å². The molecule has 1 fully saturated rings. The molecule has 1 amide bonds. The SMILES string of the molecule is CC(C)CC(NC(=O)C1CCC(C(=O)O)CC1)c1ccc(Cl)cc1. The molecule has 2 rings (SSSR count). The Morgan fingerprint density at radius 3 is 2.17 bits per heavy atom. The summed E-state index contributed by atoms with van der Waals surface area (Å²) in [6, 6.07) is 7.56. The molecule has 0 spiro atoms. The number of carbonyl (C=O) groups is 2. The summed E-state index contributed by atoms with van der Waals surface area (Å²) in [6.45, 7) is 4.26. The molecule has 1 aliphatic rings. The highest BCUT2D eigenvalue weighted by Crippen LogP contribution is 2.30. The van der Waals surface area contributed by atoms with Crippen LogP contribution in [0, 0.1) is 17.8 Å². The molecule has 0 saturated heterocycles. The van der Waals surface area contributed by atoms with Crippen LogP contribution < -0.4 is 5.32 Å². The summed E-state index contributed by atoms with van der Waals surface area (Å²) in [6.07, 6.45) is 3.33. The number of hydrogen-bond donors (Lipinski definition) is 2. The van der Waals surface area contributed by atoms with Crippen molar-refractivity contribution in [3.63, 3.8) is 0 Å². The molecule has 0 bridgehead atoms. The van der Waals surface area contributed by atoms with Gasteiger partial charge >= 0.3 is 5.97 Å². The van der Waals surface area contributed by atoms with Crippen molar-refractivity contribution in [1.82, 2.24) is 5.32 Å². The van der Waals surface area contributed by atoms with Crippen molar-refractivity contribution >= 4 is 23.5 Å². The first kappa shape index (κ1) is 18.8. The van der Waals surface area contributed by atoms with Crippen molar-refractivity contribution in [2.45, 2.75) is 52.0 Å². The molecule has 1 aromatic rings. The van der Waals surface area contributed by atoms with E-state index in [1.807, 2.05) is 24.3 Å². The molecule has 0 heterocycles. The van der Waals surface area contributed by atoms with E-state index in [0.717, 1.165) is 12.0 Å². The highest BCUT2D eigenvalue weighted by Gasteiger charge is 2.30. The number of carbonyl (C=O) groups excluding carboxylic acids is 1. The summed E-state index contributed by atoms with van der Waals surface area (Å²) in [5.74, 6) is -0.625. The highest BCUT2D eigenvalue weighted by atomic mass is 35.5. The molecular weight excluding hydrogens is 326 g/mol. The van der Waals surface area contributed by atoms with Gasteiger partial charge in [0.1, 0.15) is 0 Å². The van der Waals surface area contributed by atoms with Crippen molar-refractivity contribution in [3.05, 3.63) is 34.9 Å². The van der Waals surface area contributed by atoms with Gasteiger partial charge in [-0.05, 0) is 55.7 Å². The Kier molecular flexibility index (Phi) is 6.67. The molecular formula is C19H26ClNO3. The molecule has 4 nitrogen and oxygen atoms in total. The third-order valence-electron chi connectivity index (χ3n) is 4.74. The second-order valence-electron chi connectivity index (χ2n) is 7.13. The molecule has 1 aliphatic carbocycles. The van der Waals surface area contributed by atoms with E-state index in [1.165, 1.54) is 0 Å². The van der Waals surface area contributed by atoms with E-state index in [4.69, 9.17) is 16.7 Å². The normalized spacial score (nSPS) is 22.2. The van der Waals surface area contributed by atoms with E-state index in [2.05, 4.69) is 19.2 Å². The van der Waals surface area contributed by atoms with Crippen molar-refractivity contribution in [2.75, 3.05) is 0 Å². The summed E-state index contributed by atoms with van der Waals surface area (Å²) >= 11 is 5.95. The lowest BCUT2D eigenvalue weighted by Gasteiger charge is -2.28. The minimum atomic E-state index is -0.743. The number of halogens is 1. The average Bonchev–Trinajstić information content (AvgIpc) is 2.54. The Balaban J connectivity index is 2.00. The Bertz CT molecular complexity index is 562. The number of carboxylic acids is 1. The van der Waals surface area contributed by atoms with Gasteiger partial charge in [0.05, 0.1) is 12.0 Å². The first-order chi connectivity index (χ1) is 11.4. The van der Waals surface area contributed by atoms with Gasteiger partial charge in [-0.2, -0.15) is 0 Å². The van der Waals surface area contributed by atoms with Gasteiger partial charge in [0, 0.05) is 10.9 Å². The summed E-state index contributed by atoms with van der Waals surface area (Å²) in [4.78, 5) is 23.7. The molecule has 132 valence electrons. The average molecular weight is 352 g/mol. The summed E-state index contributed by atoms with van der Waals surface area (Å²) < 4.78 is 0. The maximum Gasteiger partial charge on any atom is 0.306 e. The number of benzene rings is 1. The van der Waals surface area contributed by atoms with Crippen molar-refractivity contribution in [3.8, 4) is 0 Å². The summed E-state index contributed by atoms with van der Waals surface area (Å²) in [7, 11) is 0. The maximum absolute atomic E-state index is 12.6. The van der Waals surface area contributed by atoms with Gasteiger partial charge in [0.25, 0.3) is 0 Å². The third-order valence-corrected chi connectivity index (χ3v) is 5.00. The summed E-state index contributed by atoms with van der Waals surface area (Å²) in [5.41, 5.74) is 1.06. The Morgan fingerprint density at radius 2 is 1.67 bits per heavy atom. The van der Waals surface area contributed by atoms with Crippen molar-refractivity contribution in [1.29, 1.82) is 0 Å². The fraction of sp³-hybridized carbons (Fsp3) is 0.579. The molecule has 1 unspecified atom stereocenters. The second kappa shape index (κ2) is 8.52. The lowest BCUT2D eigenvalue weighted by atomic mass is 9.81. The van der Waals surface area contributed by atoms with E-state index in [-0.39, 0.29) is 23.8 Å². The maximum atomic E-state index is 12.6. The van der Waals surface area contributed by atoms with Crippen molar-refractivity contribution < 1.29 is 14.7 Å². The van der Waals surface area contributed by atoms with Crippen LogP contribution in [0.1, 0.15) is 57.6 Å². The van der Waals surface area contributed by atoms with E-state index in [9.17, 15) is 9.59 Å². The predicted molar refractivity (Wildman–Crippen MR) is 94.9 cm³/mol. The van der Waals surface area contributed by atoms with E-state index in [0.29, 0.717) is 36.6 Å². The lowest BCUT2D eigenvalue weighted by Crippen LogP contribution is -2.37. The highest BCUT2D eigenvalue weighted by molar-refractivity contribution is 6.30. The van der Waals surface area contributed by atoms with E-state index >= 15 is 0 Å². The van der Waals surface area contributed by atoms with Crippen LogP contribution in [-0.4, -0.2) is 17.0 Å². The van der Waals surface area contributed by atoms with Crippen LogP contribution in [0.15, 0.2) is 24.3 Å². The van der Waals surface area contributed by atoms with Gasteiger partial charge in [-0.25, -0.2) is 0 Å². The number of rotatable bonds is 6. The minimum absolute atomic E-state index is 0.0352. The lowest BCUT2D eigenvalue weighted by molar-refractivity contribution is -0.144. The number of aliphatic carboxylic acids is 1. The van der Waals surface area contributed by atoms with Crippen LogP contribution in [0.2, 0.25) is 5.02 Å². The largest absolute Gasteiger partial charge is 0.481 e. The molecule has 5 heteroatoms. The zero-order valence-electron chi connectivity index (χ0n) is 14.3. The number of nitrogens with one attached hydrogen (secondary N) is 1. The Labute approximate surface area is 148 Å². The van der Waals surface area contributed by atoms with Crippen LogP contribution in [0.3, 0.4) is 0 Å². The topological polar surface area (TPSA) is 66.4 Å². The first-order valence-corrected chi connectivity index (χ1v) is 9.03. The molecule has 0 aliphatic heterocycles. The van der Waals surface area contributed by atoms with Gasteiger partial charge in [-0.3, -0.25) is 9.59 Å². The molecule has 1 atom stereocenters. The van der Waals surface area contributed by atoms with E-state index < -0.39 is 5.97 Å². The van der Waals surface area contributed by atoms with Gasteiger partial charge in [-0.15, -0.1) is 0 Å². The smallest absolute Gasteiger partial charge is 0.306 e. The zero-order chi connectivity index (χ0) is 17.7. The molecule has 0 radical (unpaired) electrons. The second-order valence-corrected chi connectivity index (χ2v) is 7.57. The number of carboxylic acid groups (broad SMARTS) is 1. The first-order valence-electron chi connectivity index (χ1n) is 8.65. The van der Waals surface area contributed by atoms with Gasteiger partial charge in [0.15, 0.2) is 0 Å². The zero-order valence-corrected chi connectivity index (χ0v) is 15.1. The van der Waals surface area contributed by atoms with Crippen LogP contribution in [0.4, 0.5) is 0 Å². The quantitative estimate of drug-likeness (QED) is 0.796. The molecule has 1 aromatic carbocycles. The van der Waals surface area contributed by atoms with Crippen LogP contribution >= 0.6 is 11.6 Å².